The molecule has 0 atom stereocenters. The summed E-state index contributed by atoms with van der Waals surface area (Å²) in [6.07, 6.45) is 1.52. The van der Waals surface area contributed by atoms with E-state index in [1.807, 2.05) is 0 Å². The molecule has 0 amide bonds. The Bertz CT molecular complexity index is 445. The van der Waals surface area contributed by atoms with Gasteiger partial charge in [-0.3, -0.25) is 0 Å². The maximum absolute atomic E-state index is 5.61. The quantitative estimate of drug-likeness (QED) is 0.708. The van der Waals surface area contributed by atoms with E-state index in [-0.39, 0.29) is 11.2 Å². The number of hydrogen-bond acceptors (Lipinski definition) is 6. The van der Waals surface area contributed by atoms with Crippen molar-refractivity contribution in [2.24, 2.45) is 7.05 Å². The minimum absolute atomic E-state index is 0.0400. The van der Waals surface area contributed by atoms with Gasteiger partial charge in [-0.1, -0.05) is 0 Å². The maximum Gasteiger partial charge on any atom is 0.227 e. The highest BCUT2D eigenvalue weighted by atomic mass is 35.5. The fraction of sp³-hybridized carbons (Fsp3) is 0.167. The molecule has 2 aromatic heterocycles. The van der Waals surface area contributed by atoms with Gasteiger partial charge in [-0.25, -0.2) is 0 Å². The number of nitrogens with two attached hydrogens (primary N) is 1. The van der Waals surface area contributed by atoms with Gasteiger partial charge in [0.1, 0.15) is 0 Å². The van der Waals surface area contributed by atoms with Crippen molar-refractivity contribution in [2.75, 3.05) is 5.73 Å². The molecule has 2 aromatic rings. The smallest absolute Gasteiger partial charge is 0.227 e. The second-order valence-corrected chi connectivity index (χ2v) is 2.84. The largest absolute Gasteiger partial charge is 0.368 e. The van der Waals surface area contributed by atoms with Crippen LogP contribution in [0.15, 0.2) is 6.20 Å². The minimum Gasteiger partial charge on any atom is -0.368 e. The van der Waals surface area contributed by atoms with Gasteiger partial charge in [-0.15, -0.1) is 0 Å². The molecule has 0 fully saturated rings. The molecule has 0 bridgehead atoms. The van der Waals surface area contributed by atoms with Crippen molar-refractivity contribution in [2.45, 2.75) is 0 Å². The van der Waals surface area contributed by atoms with Gasteiger partial charge in [0.05, 0.1) is 6.20 Å². The number of rotatable bonds is 1. The number of aromatic nitrogens is 6. The van der Waals surface area contributed by atoms with Gasteiger partial charge in [0.2, 0.25) is 11.2 Å². The molecule has 8 heteroatoms. The van der Waals surface area contributed by atoms with E-state index in [0.717, 1.165) is 0 Å². The van der Waals surface area contributed by atoms with E-state index in [2.05, 4.69) is 25.1 Å². The van der Waals surface area contributed by atoms with E-state index in [0.29, 0.717) is 11.5 Å². The van der Waals surface area contributed by atoms with Crippen molar-refractivity contribution >= 4 is 17.5 Å². The monoisotopic (exact) mass is 211 g/mol. The van der Waals surface area contributed by atoms with Gasteiger partial charge in [0.25, 0.3) is 0 Å². The Kier molecular flexibility index (Phi) is 2.01. The molecule has 0 radical (unpaired) electrons. The lowest BCUT2D eigenvalue weighted by Crippen LogP contribution is -2.00. The Labute approximate surface area is 84.0 Å². The molecule has 0 aliphatic carbocycles. The first kappa shape index (κ1) is 8.82. The Balaban J connectivity index is 2.51. The van der Waals surface area contributed by atoms with Gasteiger partial charge in [-0.05, 0) is 11.6 Å². The average molecular weight is 212 g/mol. The molecular weight excluding hydrogens is 206 g/mol. The molecule has 72 valence electrons. The Morgan fingerprint density at radius 3 is 2.71 bits per heavy atom. The first-order valence-corrected chi connectivity index (χ1v) is 4.06. The second-order valence-electron chi connectivity index (χ2n) is 2.51. The normalized spacial score (nSPS) is 10.4. The molecule has 0 saturated heterocycles. The molecule has 0 aliphatic rings. The van der Waals surface area contributed by atoms with Crippen LogP contribution < -0.4 is 5.73 Å². The Hall–Kier alpha value is -1.76. The van der Waals surface area contributed by atoms with E-state index in [1.165, 1.54) is 11.0 Å². The summed E-state index contributed by atoms with van der Waals surface area (Å²) in [6.45, 7) is 0. The molecule has 0 unspecified atom stereocenters. The molecule has 14 heavy (non-hydrogen) atoms. The molecule has 2 heterocycles. The van der Waals surface area contributed by atoms with Crippen molar-refractivity contribution in [3.05, 3.63) is 11.5 Å². The lowest BCUT2D eigenvalue weighted by molar-refractivity contribution is 0.655. The van der Waals surface area contributed by atoms with Crippen LogP contribution >= 0.6 is 11.6 Å². The number of aryl methyl sites for hydroxylation is 1. The third-order valence-electron chi connectivity index (χ3n) is 1.45. The van der Waals surface area contributed by atoms with Crippen LogP contribution in [0.4, 0.5) is 5.95 Å². The highest BCUT2D eigenvalue weighted by molar-refractivity contribution is 6.28. The van der Waals surface area contributed by atoms with Crippen molar-refractivity contribution in [1.29, 1.82) is 0 Å². The fourth-order valence-corrected chi connectivity index (χ4v) is 1.09. The third kappa shape index (κ3) is 1.62. The summed E-state index contributed by atoms with van der Waals surface area (Å²) >= 11 is 5.61. The predicted octanol–water partition coefficient (Wildman–Crippen LogP) is -0.0973. The van der Waals surface area contributed by atoms with Crippen LogP contribution in [-0.2, 0) is 7.05 Å². The number of anilines is 1. The average Bonchev–Trinajstić information content (AvgIpc) is 2.50. The summed E-state index contributed by atoms with van der Waals surface area (Å²) in [7, 11) is 1.69. The highest BCUT2D eigenvalue weighted by Crippen LogP contribution is 2.12. The standard InChI is InChI=1S/C6H6ClN7/c1-14-9-2-3(13-14)4-10-5(7)12-6(8)11-4/h2H,1H3,(H2,8,10,11,12). The summed E-state index contributed by atoms with van der Waals surface area (Å²) in [6, 6.07) is 0. The minimum atomic E-state index is 0.0400. The Morgan fingerprint density at radius 1 is 1.36 bits per heavy atom. The van der Waals surface area contributed by atoms with Crippen molar-refractivity contribution < 1.29 is 0 Å². The van der Waals surface area contributed by atoms with Gasteiger partial charge in [-0.2, -0.15) is 29.9 Å². The highest BCUT2D eigenvalue weighted by Gasteiger charge is 2.08. The van der Waals surface area contributed by atoms with Crippen LogP contribution in [0.1, 0.15) is 0 Å². The Morgan fingerprint density at radius 2 is 2.14 bits per heavy atom. The molecule has 0 saturated carbocycles. The maximum atomic E-state index is 5.61. The molecule has 2 N–H and O–H groups in total. The van der Waals surface area contributed by atoms with Crippen LogP contribution in [-0.4, -0.2) is 29.9 Å². The molecule has 0 aromatic carbocycles. The number of nitrogens with zero attached hydrogens (tertiary/aromatic N) is 6. The summed E-state index contributed by atoms with van der Waals surface area (Å²) < 4.78 is 0. The summed E-state index contributed by atoms with van der Waals surface area (Å²) in [5, 5.41) is 7.92. The third-order valence-corrected chi connectivity index (χ3v) is 1.62. The molecule has 7 nitrogen and oxygen atoms in total. The van der Waals surface area contributed by atoms with Crippen LogP contribution in [0, 0.1) is 0 Å². The molecule has 2 rings (SSSR count). The van der Waals surface area contributed by atoms with Gasteiger partial charge in [0, 0.05) is 7.05 Å². The molecule has 0 aliphatic heterocycles. The van der Waals surface area contributed by atoms with Gasteiger partial charge < -0.3 is 5.73 Å². The topological polar surface area (TPSA) is 95.4 Å². The number of halogens is 1. The van der Waals surface area contributed by atoms with Crippen LogP contribution in [0.5, 0.6) is 0 Å². The van der Waals surface area contributed by atoms with Crippen molar-refractivity contribution in [1.82, 2.24) is 29.9 Å². The van der Waals surface area contributed by atoms with E-state index in [9.17, 15) is 0 Å². The van der Waals surface area contributed by atoms with E-state index in [1.54, 1.807) is 7.05 Å². The number of nitrogen functional groups attached to an aromatic ring is 1. The molecule has 0 spiro atoms. The lowest BCUT2D eigenvalue weighted by Gasteiger charge is -1.96. The second kappa shape index (κ2) is 3.18. The predicted molar refractivity (Wildman–Crippen MR) is 49.2 cm³/mol. The zero-order valence-corrected chi connectivity index (χ0v) is 7.97. The zero-order valence-electron chi connectivity index (χ0n) is 7.22. The first-order valence-electron chi connectivity index (χ1n) is 3.69. The fourth-order valence-electron chi connectivity index (χ4n) is 0.928. The summed E-state index contributed by atoms with van der Waals surface area (Å²) in [5.74, 6) is 0.376. The van der Waals surface area contributed by atoms with E-state index < -0.39 is 0 Å². The van der Waals surface area contributed by atoms with Crippen LogP contribution in [0.25, 0.3) is 11.5 Å². The molecular formula is C6H6ClN7. The van der Waals surface area contributed by atoms with E-state index >= 15 is 0 Å². The van der Waals surface area contributed by atoms with E-state index in [4.69, 9.17) is 17.3 Å². The first-order chi connectivity index (χ1) is 6.65. The van der Waals surface area contributed by atoms with Gasteiger partial charge in [0.15, 0.2) is 11.5 Å². The lowest BCUT2D eigenvalue weighted by atomic mass is 10.4. The summed E-state index contributed by atoms with van der Waals surface area (Å²) in [4.78, 5) is 12.8. The van der Waals surface area contributed by atoms with Crippen molar-refractivity contribution in [3.8, 4) is 11.5 Å². The van der Waals surface area contributed by atoms with Gasteiger partial charge >= 0.3 is 0 Å². The summed E-state index contributed by atoms with van der Waals surface area (Å²) in [5.41, 5.74) is 5.91. The van der Waals surface area contributed by atoms with Crippen LogP contribution in [0.2, 0.25) is 5.28 Å². The van der Waals surface area contributed by atoms with Crippen LogP contribution in [0.3, 0.4) is 0 Å². The SMILES string of the molecule is Cn1ncc(-c2nc(N)nc(Cl)n2)n1. The van der Waals surface area contributed by atoms with Crippen molar-refractivity contribution in [3.63, 3.8) is 0 Å². The zero-order chi connectivity index (χ0) is 10.1. The number of hydrogen-bond donors (Lipinski definition) is 1.